The first-order valence-corrected chi connectivity index (χ1v) is 5.65. The fourth-order valence-electron chi connectivity index (χ4n) is 1.55. The quantitative estimate of drug-likeness (QED) is 0.462. The molecule has 0 fully saturated rings. The van der Waals surface area contributed by atoms with Gasteiger partial charge in [0.25, 0.3) is 11.6 Å². The third-order valence-electron chi connectivity index (χ3n) is 2.53. The number of carbonyl (C=O) groups excluding carboxylic acids is 1. The summed E-state index contributed by atoms with van der Waals surface area (Å²) in [6.07, 6.45) is 1.62. The third kappa shape index (κ3) is 3.07. The molecule has 3 N–H and O–H groups in total. The zero-order valence-electron chi connectivity index (χ0n) is 10.3. The van der Waals surface area contributed by atoms with E-state index in [0.717, 1.165) is 0 Å². The lowest BCUT2D eigenvalue weighted by molar-refractivity contribution is -0.383. The molecule has 9 nitrogen and oxygen atoms in total. The summed E-state index contributed by atoms with van der Waals surface area (Å²) in [7, 11) is 0. The number of aromatic nitrogens is 2. The van der Waals surface area contributed by atoms with E-state index in [1.54, 1.807) is 0 Å². The lowest BCUT2D eigenvalue weighted by atomic mass is 10.1. The SMILES string of the molecule is Nc1cc(C(=O)NCCc2ncon2)ccc1[N+](=O)[O-]. The van der Waals surface area contributed by atoms with Crippen molar-refractivity contribution in [3.8, 4) is 0 Å². The Kier molecular flexibility index (Phi) is 3.89. The van der Waals surface area contributed by atoms with E-state index in [1.807, 2.05) is 0 Å². The largest absolute Gasteiger partial charge is 0.393 e. The molecule has 2 aromatic rings. The van der Waals surface area contributed by atoms with Crippen molar-refractivity contribution in [1.82, 2.24) is 15.5 Å². The van der Waals surface area contributed by atoms with Crippen molar-refractivity contribution < 1.29 is 14.2 Å². The number of nitrogens with two attached hydrogens (primary N) is 1. The van der Waals surface area contributed by atoms with Crippen LogP contribution in [0, 0.1) is 10.1 Å². The summed E-state index contributed by atoms with van der Waals surface area (Å²) < 4.78 is 4.55. The number of nitro benzene ring substituents is 1. The van der Waals surface area contributed by atoms with Crippen molar-refractivity contribution in [2.24, 2.45) is 0 Å². The first kappa shape index (κ1) is 13.5. The number of hydrogen-bond acceptors (Lipinski definition) is 7. The first-order chi connectivity index (χ1) is 9.58. The van der Waals surface area contributed by atoms with Crippen LogP contribution in [0.2, 0.25) is 0 Å². The second-order valence-electron chi connectivity index (χ2n) is 3.88. The highest BCUT2D eigenvalue weighted by Crippen LogP contribution is 2.21. The second kappa shape index (κ2) is 5.78. The molecule has 0 aliphatic rings. The number of nitrogens with zero attached hydrogens (tertiary/aromatic N) is 3. The molecule has 0 saturated carbocycles. The highest BCUT2D eigenvalue weighted by atomic mass is 16.6. The van der Waals surface area contributed by atoms with Crippen molar-refractivity contribution in [2.45, 2.75) is 6.42 Å². The zero-order valence-corrected chi connectivity index (χ0v) is 10.3. The molecule has 9 heteroatoms. The lowest BCUT2D eigenvalue weighted by Gasteiger charge is -2.04. The van der Waals surface area contributed by atoms with Crippen LogP contribution in [0.5, 0.6) is 0 Å². The molecule has 20 heavy (non-hydrogen) atoms. The van der Waals surface area contributed by atoms with Crippen LogP contribution < -0.4 is 11.1 Å². The van der Waals surface area contributed by atoms with Gasteiger partial charge in [0.2, 0.25) is 6.39 Å². The van der Waals surface area contributed by atoms with Gasteiger partial charge in [0, 0.05) is 24.6 Å². The van der Waals surface area contributed by atoms with E-state index < -0.39 is 4.92 Å². The van der Waals surface area contributed by atoms with Crippen molar-refractivity contribution in [1.29, 1.82) is 0 Å². The van der Waals surface area contributed by atoms with Crippen LogP contribution in [0.4, 0.5) is 11.4 Å². The van der Waals surface area contributed by atoms with Gasteiger partial charge in [-0.1, -0.05) is 5.16 Å². The average Bonchev–Trinajstić information content (AvgIpc) is 2.91. The van der Waals surface area contributed by atoms with E-state index in [2.05, 4.69) is 20.0 Å². The monoisotopic (exact) mass is 277 g/mol. The molecule has 0 spiro atoms. The summed E-state index contributed by atoms with van der Waals surface area (Å²) in [6, 6.07) is 3.81. The third-order valence-corrected chi connectivity index (χ3v) is 2.53. The minimum absolute atomic E-state index is 0.0548. The molecule has 1 aromatic heterocycles. The van der Waals surface area contributed by atoms with Gasteiger partial charge in [-0.25, -0.2) is 0 Å². The highest BCUT2D eigenvalue weighted by Gasteiger charge is 2.14. The Morgan fingerprint density at radius 3 is 2.90 bits per heavy atom. The minimum atomic E-state index is -0.604. The molecule has 2 rings (SSSR count). The molecule has 1 amide bonds. The van der Waals surface area contributed by atoms with Crippen molar-refractivity contribution in [3.63, 3.8) is 0 Å². The fraction of sp³-hybridized carbons (Fsp3) is 0.182. The number of nitrogens with one attached hydrogen (secondary N) is 1. The van der Waals surface area contributed by atoms with Gasteiger partial charge in [0.05, 0.1) is 4.92 Å². The molecule has 104 valence electrons. The molecular weight excluding hydrogens is 266 g/mol. The van der Waals surface area contributed by atoms with Crippen LogP contribution in [0.1, 0.15) is 16.2 Å². The predicted molar refractivity (Wildman–Crippen MR) is 67.8 cm³/mol. The van der Waals surface area contributed by atoms with Crippen LogP contribution in [-0.2, 0) is 6.42 Å². The first-order valence-electron chi connectivity index (χ1n) is 5.65. The van der Waals surface area contributed by atoms with Crippen LogP contribution in [0.25, 0.3) is 0 Å². The summed E-state index contributed by atoms with van der Waals surface area (Å²) in [5.74, 6) is 0.101. The summed E-state index contributed by atoms with van der Waals surface area (Å²) >= 11 is 0. The van der Waals surface area contributed by atoms with Gasteiger partial charge in [0.15, 0.2) is 5.82 Å². The number of hydrogen-bond donors (Lipinski definition) is 2. The van der Waals surface area contributed by atoms with Crippen molar-refractivity contribution in [3.05, 3.63) is 46.1 Å². The Hall–Kier alpha value is -2.97. The van der Waals surface area contributed by atoms with Gasteiger partial charge in [-0.05, 0) is 12.1 Å². The normalized spacial score (nSPS) is 10.2. The molecule has 0 aliphatic heterocycles. The molecule has 1 aromatic carbocycles. The number of nitro groups is 1. The summed E-state index contributed by atoms with van der Waals surface area (Å²) in [4.78, 5) is 25.6. The average molecular weight is 277 g/mol. The maximum Gasteiger partial charge on any atom is 0.292 e. The van der Waals surface area contributed by atoms with Gasteiger partial charge < -0.3 is 15.6 Å². The highest BCUT2D eigenvalue weighted by molar-refractivity contribution is 5.95. The van der Waals surface area contributed by atoms with Gasteiger partial charge in [-0.3, -0.25) is 14.9 Å². The van der Waals surface area contributed by atoms with Gasteiger partial charge in [-0.2, -0.15) is 4.98 Å². The summed E-state index contributed by atoms with van der Waals surface area (Å²) in [5.41, 5.74) is 5.48. The van der Waals surface area contributed by atoms with Crippen LogP contribution in [-0.4, -0.2) is 27.5 Å². The Labute approximate surface area is 112 Å². The maximum absolute atomic E-state index is 11.8. The van der Waals surface area contributed by atoms with Crippen LogP contribution >= 0.6 is 0 Å². The smallest absolute Gasteiger partial charge is 0.292 e. The molecule has 0 unspecified atom stereocenters. The van der Waals surface area contributed by atoms with Gasteiger partial charge >= 0.3 is 0 Å². The van der Waals surface area contributed by atoms with E-state index in [9.17, 15) is 14.9 Å². The Balaban J connectivity index is 1.95. The number of anilines is 1. The summed E-state index contributed by atoms with van der Waals surface area (Å²) in [6.45, 7) is 0.315. The van der Waals surface area contributed by atoms with E-state index in [4.69, 9.17) is 5.73 Å². The number of nitrogen functional groups attached to an aromatic ring is 1. The number of amides is 1. The zero-order chi connectivity index (χ0) is 14.5. The van der Waals surface area contributed by atoms with E-state index in [1.165, 1.54) is 24.6 Å². The van der Waals surface area contributed by atoms with E-state index >= 15 is 0 Å². The van der Waals surface area contributed by atoms with E-state index in [-0.39, 0.29) is 22.8 Å². The fourth-order valence-corrected chi connectivity index (χ4v) is 1.55. The van der Waals surface area contributed by atoms with Gasteiger partial charge in [-0.15, -0.1) is 0 Å². The topological polar surface area (TPSA) is 137 Å². The predicted octanol–water partition coefficient (Wildman–Crippen LogP) is 0.532. The minimum Gasteiger partial charge on any atom is -0.393 e. The molecule has 0 radical (unpaired) electrons. The number of carbonyl (C=O) groups is 1. The van der Waals surface area contributed by atoms with Gasteiger partial charge in [0.1, 0.15) is 5.69 Å². The lowest BCUT2D eigenvalue weighted by Crippen LogP contribution is -2.26. The molecular formula is C11H11N5O4. The Bertz CT molecular complexity index is 626. The van der Waals surface area contributed by atoms with Crippen LogP contribution in [0.15, 0.2) is 29.1 Å². The Morgan fingerprint density at radius 2 is 2.30 bits per heavy atom. The Morgan fingerprint density at radius 1 is 1.50 bits per heavy atom. The van der Waals surface area contributed by atoms with Crippen molar-refractivity contribution in [2.75, 3.05) is 12.3 Å². The molecule has 0 atom stereocenters. The molecule has 1 heterocycles. The molecule has 0 bridgehead atoms. The molecule has 0 saturated heterocycles. The summed E-state index contributed by atoms with van der Waals surface area (Å²) in [5, 5.41) is 16.8. The molecule has 0 aliphatic carbocycles. The van der Waals surface area contributed by atoms with Crippen molar-refractivity contribution >= 4 is 17.3 Å². The second-order valence-corrected chi connectivity index (χ2v) is 3.88. The van der Waals surface area contributed by atoms with Crippen LogP contribution in [0.3, 0.4) is 0 Å². The van der Waals surface area contributed by atoms with E-state index in [0.29, 0.717) is 18.8 Å². The standard InChI is InChI=1S/C11H11N5O4/c12-8-5-7(1-2-9(8)16(18)19)11(17)13-4-3-10-14-6-20-15-10/h1-2,5-6H,3-4,12H2,(H,13,17). The number of rotatable bonds is 5. The number of benzene rings is 1. The maximum atomic E-state index is 11.8.